The Morgan fingerprint density at radius 3 is 2.88 bits per heavy atom. The fourth-order valence-electron chi connectivity index (χ4n) is 2.48. The number of rotatable bonds is 4. The molecule has 0 aliphatic carbocycles. The van der Waals surface area contributed by atoms with Gasteiger partial charge in [0.25, 0.3) is 11.5 Å². The molecule has 0 aliphatic heterocycles. The highest BCUT2D eigenvalue weighted by atomic mass is 19.1. The SMILES string of the molecule is Cc1ccc2ncc(C(=O)NCc3ccc(F)c(CO)c3)c(=O)n2c1. The van der Waals surface area contributed by atoms with Crippen molar-refractivity contribution in [2.45, 2.75) is 20.1 Å². The number of aromatic nitrogens is 2. The van der Waals surface area contributed by atoms with Crippen molar-refractivity contribution in [2.75, 3.05) is 0 Å². The molecule has 1 amide bonds. The highest BCUT2D eigenvalue weighted by Crippen LogP contribution is 2.10. The van der Waals surface area contributed by atoms with E-state index >= 15 is 0 Å². The van der Waals surface area contributed by atoms with Crippen LogP contribution in [0.4, 0.5) is 4.39 Å². The van der Waals surface area contributed by atoms with Crippen molar-refractivity contribution in [1.82, 2.24) is 14.7 Å². The molecule has 3 aromatic rings. The maximum Gasteiger partial charge on any atom is 0.270 e. The predicted octanol–water partition coefficient (Wildman–Crippen LogP) is 1.56. The lowest BCUT2D eigenvalue weighted by molar-refractivity contribution is 0.0949. The average molecular weight is 341 g/mol. The third kappa shape index (κ3) is 3.41. The van der Waals surface area contributed by atoms with Crippen molar-refractivity contribution in [2.24, 2.45) is 0 Å². The molecule has 25 heavy (non-hydrogen) atoms. The molecule has 6 nitrogen and oxygen atoms in total. The minimum absolute atomic E-state index is 0.0763. The number of pyridine rings is 1. The van der Waals surface area contributed by atoms with Crippen LogP contribution in [-0.4, -0.2) is 20.4 Å². The van der Waals surface area contributed by atoms with E-state index in [2.05, 4.69) is 10.3 Å². The average Bonchev–Trinajstić information content (AvgIpc) is 2.61. The molecule has 2 aromatic heterocycles. The Hall–Kier alpha value is -3.06. The van der Waals surface area contributed by atoms with Crippen LogP contribution in [0.2, 0.25) is 0 Å². The molecule has 0 spiro atoms. The second kappa shape index (κ2) is 6.82. The van der Waals surface area contributed by atoms with Gasteiger partial charge in [-0.25, -0.2) is 9.37 Å². The van der Waals surface area contributed by atoms with Crippen LogP contribution in [0.3, 0.4) is 0 Å². The first-order valence-electron chi connectivity index (χ1n) is 7.64. The van der Waals surface area contributed by atoms with Crippen molar-refractivity contribution in [3.8, 4) is 0 Å². The molecule has 0 unspecified atom stereocenters. The van der Waals surface area contributed by atoms with Gasteiger partial charge in [0.2, 0.25) is 0 Å². The minimum Gasteiger partial charge on any atom is -0.392 e. The molecule has 0 bridgehead atoms. The Morgan fingerprint density at radius 1 is 1.32 bits per heavy atom. The zero-order valence-electron chi connectivity index (χ0n) is 13.5. The smallest absolute Gasteiger partial charge is 0.270 e. The zero-order chi connectivity index (χ0) is 18.0. The number of amides is 1. The largest absolute Gasteiger partial charge is 0.392 e. The van der Waals surface area contributed by atoms with E-state index in [1.165, 1.54) is 28.8 Å². The molecule has 7 heteroatoms. The van der Waals surface area contributed by atoms with E-state index in [0.717, 1.165) is 5.56 Å². The van der Waals surface area contributed by atoms with E-state index in [-0.39, 0.29) is 17.7 Å². The van der Waals surface area contributed by atoms with Crippen LogP contribution in [0.15, 0.2) is 47.5 Å². The number of aryl methyl sites for hydroxylation is 1. The quantitative estimate of drug-likeness (QED) is 0.754. The molecular weight excluding hydrogens is 325 g/mol. The fourth-order valence-corrected chi connectivity index (χ4v) is 2.48. The molecule has 3 rings (SSSR count). The number of nitrogens with zero attached hydrogens (tertiary/aromatic N) is 2. The Labute approximate surface area is 142 Å². The van der Waals surface area contributed by atoms with E-state index in [4.69, 9.17) is 5.11 Å². The molecule has 0 fully saturated rings. The number of nitrogens with one attached hydrogen (secondary N) is 1. The van der Waals surface area contributed by atoms with Gasteiger partial charge in [0.05, 0.1) is 6.61 Å². The van der Waals surface area contributed by atoms with Crippen LogP contribution in [0.1, 0.15) is 27.0 Å². The van der Waals surface area contributed by atoms with Crippen LogP contribution < -0.4 is 10.9 Å². The van der Waals surface area contributed by atoms with E-state index in [9.17, 15) is 14.0 Å². The summed E-state index contributed by atoms with van der Waals surface area (Å²) in [5.41, 5.74) is 1.56. The molecule has 128 valence electrons. The van der Waals surface area contributed by atoms with Gasteiger partial charge in [-0.1, -0.05) is 12.1 Å². The summed E-state index contributed by atoms with van der Waals surface area (Å²) in [5, 5.41) is 11.7. The number of fused-ring (bicyclic) bond motifs is 1. The van der Waals surface area contributed by atoms with Gasteiger partial charge in [0, 0.05) is 24.5 Å². The Morgan fingerprint density at radius 2 is 2.12 bits per heavy atom. The van der Waals surface area contributed by atoms with E-state index in [1.807, 2.05) is 13.0 Å². The molecule has 2 heterocycles. The van der Waals surface area contributed by atoms with Crippen molar-refractivity contribution >= 4 is 11.6 Å². The van der Waals surface area contributed by atoms with Crippen molar-refractivity contribution < 1.29 is 14.3 Å². The highest BCUT2D eigenvalue weighted by molar-refractivity contribution is 5.93. The second-order valence-electron chi connectivity index (χ2n) is 5.68. The number of aliphatic hydroxyl groups is 1. The molecule has 0 radical (unpaired) electrons. The Balaban J connectivity index is 1.83. The van der Waals surface area contributed by atoms with Gasteiger partial charge >= 0.3 is 0 Å². The number of halogens is 1. The summed E-state index contributed by atoms with van der Waals surface area (Å²) in [4.78, 5) is 28.9. The van der Waals surface area contributed by atoms with E-state index in [1.54, 1.807) is 12.3 Å². The number of aliphatic hydroxyl groups excluding tert-OH is 1. The lowest BCUT2D eigenvalue weighted by Crippen LogP contribution is -2.31. The molecule has 0 saturated heterocycles. The summed E-state index contributed by atoms with van der Waals surface area (Å²) >= 11 is 0. The lowest BCUT2D eigenvalue weighted by atomic mass is 10.1. The maximum atomic E-state index is 13.4. The molecular formula is C18H16FN3O3. The van der Waals surface area contributed by atoms with E-state index in [0.29, 0.717) is 11.2 Å². The van der Waals surface area contributed by atoms with Gasteiger partial charge in [0.1, 0.15) is 17.0 Å². The molecule has 0 atom stereocenters. The van der Waals surface area contributed by atoms with E-state index < -0.39 is 23.9 Å². The zero-order valence-corrected chi connectivity index (χ0v) is 13.5. The number of carbonyl (C=O) groups excluding carboxylic acids is 1. The van der Waals surface area contributed by atoms with Crippen LogP contribution in [0.25, 0.3) is 5.65 Å². The first-order chi connectivity index (χ1) is 12.0. The number of hydrogen-bond acceptors (Lipinski definition) is 4. The standard InChI is InChI=1S/C18H16FN3O3/c1-11-2-5-16-20-8-14(18(25)22(16)9-11)17(24)21-7-12-3-4-15(19)13(6-12)10-23/h2-6,8-9,23H,7,10H2,1H3,(H,21,24). The lowest BCUT2D eigenvalue weighted by Gasteiger charge is -2.08. The molecule has 2 N–H and O–H groups in total. The normalized spacial score (nSPS) is 10.8. The first-order valence-corrected chi connectivity index (χ1v) is 7.64. The number of benzene rings is 1. The Bertz CT molecular complexity index is 1010. The number of carbonyl (C=O) groups is 1. The summed E-state index contributed by atoms with van der Waals surface area (Å²) in [7, 11) is 0. The maximum absolute atomic E-state index is 13.4. The Kier molecular flexibility index (Phi) is 4.58. The van der Waals surface area contributed by atoms with Gasteiger partial charge in [0.15, 0.2) is 0 Å². The highest BCUT2D eigenvalue weighted by Gasteiger charge is 2.13. The first kappa shape index (κ1) is 16.8. The van der Waals surface area contributed by atoms with Gasteiger partial charge < -0.3 is 10.4 Å². The third-order valence-corrected chi connectivity index (χ3v) is 3.83. The third-order valence-electron chi connectivity index (χ3n) is 3.83. The molecule has 0 aliphatic rings. The summed E-state index contributed by atoms with van der Waals surface area (Å²) in [6, 6.07) is 7.72. The minimum atomic E-state index is -0.566. The summed E-state index contributed by atoms with van der Waals surface area (Å²) < 4.78 is 14.7. The van der Waals surface area contributed by atoms with Crippen LogP contribution >= 0.6 is 0 Å². The van der Waals surface area contributed by atoms with Crippen molar-refractivity contribution in [3.63, 3.8) is 0 Å². The number of hydrogen-bond donors (Lipinski definition) is 2. The molecule has 1 aromatic carbocycles. The monoisotopic (exact) mass is 341 g/mol. The summed E-state index contributed by atoms with van der Waals surface area (Å²) in [5.74, 6) is -1.08. The van der Waals surface area contributed by atoms with Gasteiger partial charge in [-0.3, -0.25) is 14.0 Å². The van der Waals surface area contributed by atoms with Gasteiger partial charge in [-0.15, -0.1) is 0 Å². The summed E-state index contributed by atoms with van der Waals surface area (Å²) in [6.45, 7) is 1.51. The predicted molar refractivity (Wildman–Crippen MR) is 89.7 cm³/mol. The van der Waals surface area contributed by atoms with Crippen molar-refractivity contribution in [3.05, 3.63) is 81.2 Å². The van der Waals surface area contributed by atoms with Crippen LogP contribution in [-0.2, 0) is 13.2 Å². The fraction of sp³-hybridized carbons (Fsp3) is 0.167. The van der Waals surface area contributed by atoms with Gasteiger partial charge in [-0.2, -0.15) is 0 Å². The van der Waals surface area contributed by atoms with Crippen molar-refractivity contribution in [1.29, 1.82) is 0 Å². The second-order valence-corrected chi connectivity index (χ2v) is 5.68. The topological polar surface area (TPSA) is 83.7 Å². The van der Waals surface area contributed by atoms with Crippen LogP contribution in [0, 0.1) is 12.7 Å². The summed E-state index contributed by atoms with van der Waals surface area (Å²) in [6.07, 6.45) is 2.86. The van der Waals surface area contributed by atoms with Crippen LogP contribution in [0.5, 0.6) is 0 Å². The molecule has 0 saturated carbocycles. The van der Waals surface area contributed by atoms with Gasteiger partial charge in [-0.05, 0) is 36.2 Å².